The number of ether oxygens (including phenoxy) is 1. The Bertz CT molecular complexity index is 1160. The molecule has 2 aliphatic heterocycles. The summed E-state index contributed by atoms with van der Waals surface area (Å²) >= 11 is 0. The van der Waals surface area contributed by atoms with Crippen LogP contribution in [0, 0.1) is 12.8 Å². The van der Waals surface area contributed by atoms with E-state index >= 15 is 0 Å². The van der Waals surface area contributed by atoms with Crippen molar-refractivity contribution in [2.75, 3.05) is 31.1 Å². The number of piperidine rings is 1. The van der Waals surface area contributed by atoms with Crippen molar-refractivity contribution in [2.45, 2.75) is 38.7 Å². The Kier molecular flexibility index (Phi) is 6.13. The number of aryl methyl sites for hydroxylation is 1. The van der Waals surface area contributed by atoms with Gasteiger partial charge in [-0.05, 0) is 68.4 Å². The highest BCUT2D eigenvalue weighted by molar-refractivity contribution is 5.92. The normalized spacial score (nSPS) is 20.8. The highest BCUT2D eigenvalue weighted by Crippen LogP contribution is 2.33. The van der Waals surface area contributed by atoms with Gasteiger partial charge in [-0.25, -0.2) is 9.97 Å². The number of aromatic nitrogens is 2. The molecule has 0 aliphatic carbocycles. The summed E-state index contributed by atoms with van der Waals surface area (Å²) in [6, 6.07) is 13.4. The maximum atomic E-state index is 12.4. The third kappa shape index (κ3) is 4.64. The first kappa shape index (κ1) is 21.6. The summed E-state index contributed by atoms with van der Waals surface area (Å²) in [7, 11) is 0. The molecular formula is C26H30N4O3. The number of phenolic OH excluding ortho intramolecular Hbond substituents is 1. The molecule has 2 fully saturated rings. The van der Waals surface area contributed by atoms with Crippen molar-refractivity contribution in [3.63, 3.8) is 0 Å². The van der Waals surface area contributed by atoms with Crippen LogP contribution in [0.25, 0.3) is 22.3 Å². The molecule has 7 nitrogen and oxygen atoms in total. The van der Waals surface area contributed by atoms with Crippen LogP contribution in [0.15, 0.2) is 42.5 Å². The predicted octanol–water partition coefficient (Wildman–Crippen LogP) is 3.82. The number of rotatable bonds is 5. The Labute approximate surface area is 193 Å². The zero-order valence-electron chi connectivity index (χ0n) is 19.0. The van der Waals surface area contributed by atoms with Crippen LogP contribution in [0.5, 0.6) is 5.75 Å². The minimum absolute atomic E-state index is 0.00873. The van der Waals surface area contributed by atoms with Gasteiger partial charge in [-0.3, -0.25) is 4.79 Å². The lowest BCUT2D eigenvalue weighted by Crippen LogP contribution is -2.43. The number of para-hydroxylation sites is 1. The van der Waals surface area contributed by atoms with E-state index in [2.05, 4.69) is 35.3 Å². The van der Waals surface area contributed by atoms with E-state index in [0.29, 0.717) is 30.5 Å². The molecule has 2 aromatic carbocycles. The number of carbonyl (C=O) groups excluding carboxylic acids is 1. The zero-order valence-corrected chi connectivity index (χ0v) is 19.0. The fourth-order valence-electron chi connectivity index (χ4n) is 4.81. The molecule has 33 heavy (non-hydrogen) atoms. The molecule has 7 heteroatoms. The van der Waals surface area contributed by atoms with Gasteiger partial charge >= 0.3 is 0 Å². The van der Waals surface area contributed by atoms with Gasteiger partial charge < -0.3 is 20.1 Å². The highest BCUT2D eigenvalue weighted by Gasteiger charge is 2.27. The van der Waals surface area contributed by atoms with Crippen LogP contribution in [0.2, 0.25) is 0 Å². The van der Waals surface area contributed by atoms with E-state index < -0.39 is 0 Å². The molecule has 2 atom stereocenters. The number of fused-ring (bicyclic) bond motifs is 1. The van der Waals surface area contributed by atoms with Crippen molar-refractivity contribution in [3.05, 3.63) is 48.0 Å². The average Bonchev–Trinajstić information content (AvgIpc) is 3.37. The number of hydrogen-bond acceptors (Lipinski definition) is 6. The van der Waals surface area contributed by atoms with Crippen molar-refractivity contribution < 1.29 is 14.6 Å². The number of hydrogen-bond donors (Lipinski definition) is 2. The summed E-state index contributed by atoms with van der Waals surface area (Å²) in [5.41, 5.74) is 2.62. The molecule has 2 aliphatic rings. The molecule has 0 saturated carbocycles. The lowest BCUT2D eigenvalue weighted by atomic mass is 9.97. The quantitative estimate of drug-likeness (QED) is 0.620. The van der Waals surface area contributed by atoms with Gasteiger partial charge in [-0.2, -0.15) is 0 Å². The summed E-state index contributed by atoms with van der Waals surface area (Å²) in [5, 5.41) is 14.5. The number of phenols is 1. The highest BCUT2D eigenvalue weighted by atomic mass is 16.5. The van der Waals surface area contributed by atoms with Gasteiger partial charge in [0.1, 0.15) is 17.7 Å². The van der Waals surface area contributed by atoms with Crippen LogP contribution >= 0.6 is 0 Å². The number of anilines is 1. The maximum absolute atomic E-state index is 12.4. The van der Waals surface area contributed by atoms with Crippen LogP contribution in [-0.2, 0) is 9.53 Å². The first-order chi connectivity index (χ1) is 16.1. The van der Waals surface area contributed by atoms with E-state index in [1.807, 2.05) is 12.1 Å². The van der Waals surface area contributed by atoms with Crippen LogP contribution < -0.4 is 10.2 Å². The van der Waals surface area contributed by atoms with Crippen molar-refractivity contribution in [1.29, 1.82) is 0 Å². The first-order valence-electron chi connectivity index (χ1n) is 11.8. The monoisotopic (exact) mass is 446 g/mol. The summed E-state index contributed by atoms with van der Waals surface area (Å²) in [6.07, 6.45) is 3.57. The van der Waals surface area contributed by atoms with E-state index in [1.165, 1.54) is 0 Å². The zero-order chi connectivity index (χ0) is 22.8. The number of nitrogens with one attached hydrogen (secondary N) is 1. The first-order valence-corrected chi connectivity index (χ1v) is 11.8. The third-order valence-electron chi connectivity index (χ3n) is 6.58. The average molecular weight is 447 g/mol. The number of amides is 1. The Morgan fingerprint density at radius 1 is 1.18 bits per heavy atom. The summed E-state index contributed by atoms with van der Waals surface area (Å²) < 4.78 is 5.51. The summed E-state index contributed by atoms with van der Waals surface area (Å²) in [6.45, 7) is 5.08. The predicted molar refractivity (Wildman–Crippen MR) is 128 cm³/mol. The van der Waals surface area contributed by atoms with Crippen molar-refractivity contribution in [3.8, 4) is 17.1 Å². The molecule has 2 saturated heterocycles. The molecule has 1 amide bonds. The molecule has 0 spiro atoms. The van der Waals surface area contributed by atoms with Crippen molar-refractivity contribution in [1.82, 2.24) is 15.3 Å². The number of carbonyl (C=O) groups is 1. The largest absolute Gasteiger partial charge is 0.507 e. The molecular weight excluding hydrogens is 416 g/mol. The molecule has 1 unspecified atom stereocenters. The van der Waals surface area contributed by atoms with Gasteiger partial charge in [0.25, 0.3) is 0 Å². The second kappa shape index (κ2) is 9.35. The Balaban J connectivity index is 1.42. The van der Waals surface area contributed by atoms with E-state index in [4.69, 9.17) is 14.7 Å². The van der Waals surface area contributed by atoms with Gasteiger partial charge in [-0.15, -0.1) is 0 Å². The van der Waals surface area contributed by atoms with Gasteiger partial charge in [0, 0.05) is 31.6 Å². The fraction of sp³-hybridized carbons (Fsp3) is 0.423. The second-order valence-electron chi connectivity index (χ2n) is 9.11. The second-order valence-corrected chi connectivity index (χ2v) is 9.11. The Morgan fingerprint density at radius 3 is 2.88 bits per heavy atom. The molecule has 3 aromatic rings. The van der Waals surface area contributed by atoms with Crippen LogP contribution in [-0.4, -0.2) is 53.3 Å². The molecule has 172 valence electrons. The Morgan fingerprint density at radius 2 is 2.06 bits per heavy atom. The number of aromatic hydroxyl groups is 1. The fourth-order valence-corrected chi connectivity index (χ4v) is 4.81. The van der Waals surface area contributed by atoms with Gasteiger partial charge in [0.15, 0.2) is 5.82 Å². The Hall–Kier alpha value is -3.19. The van der Waals surface area contributed by atoms with Gasteiger partial charge in [0.2, 0.25) is 5.91 Å². The topological polar surface area (TPSA) is 87.6 Å². The van der Waals surface area contributed by atoms with E-state index in [1.54, 1.807) is 12.1 Å². The molecule has 3 heterocycles. The molecule has 5 rings (SSSR count). The summed E-state index contributed by atoms with van der Waals surface area (Å²) in [5.74, 6) is 1.93. The maximum Gasteiger partial charge on any atom is 0.249 e. The van der Waals surface area contributed by atoms with Gasteiger partial charge in [0.05, 0.1) is 11.1 Å². The van der Waals surface area contributed by atoms with E-state index in [-0.39, 0.29) is 17.8 Å². The SMILES string of the molecule is Cc1ccc2c(N3CCCC(CNC(=O)[C@@H]4CCCO4)C3)nc(-c3ccccc3O)nc2c1. The lowest BCUT2D eigenvalue weighted by Gasteiger charge is -2.34. The lowest BCUT2D eigenvalue weighted by molar-refractivity contribution is -0.130. The molecule has 0 radical (unpaired) electrons. The van der Waals surface area contributed by atoms with Crippen LogP contribution in [0.1, 0.15) is 31.2 Å². The molecule has 1 aromatic heterocycles. The molecule has 0 bridgehead atoms. The molecule has 2 N–H and O–H groups in total. The smallest absolute Gasteiger partial charge is 0.249 e. The number of nitrogens with zero attached hydrogens (tertiary/aromatic N) is 3. The van der Waals surface area contributed by atoms with Crippen LogP contribution in [0.3, 0.4) is 0 Å². The van der Waals surface area contributed by atoms with Crippen LogP contribution in [0.4, 0.5) is 5.82 Å². The van der Waals surface area contributed by atoms with E-state index in [0.717, 1.165) is 61.1 Å². The van der Waals surface area contributed by atoms with Gasteiger partial charge in [-0.1, -0.05) is 18.2 Å². The standard InChI is InChI=1S/C26H30N4O3/c1-17-10-11-19-21(14-17)28-24(20-7-2-3-8-22(20)31)29-25(19)30-12-4-6-18(16-30)15-27-26(32)23-9-5-13-33-23/h2-3,7-8,10-11,14,18,23,31H,4-6,9,12-13,15-16H2,1H3,(H,27,32)/t18?,23-/m0/s1. The van der Waals surface area contributed by atoms with Crippen molar-refractivity contribution >= 4 is 22.6 Å². The van der Waals surface area contributed by atoms with Crippen molar-refractivity contribution in [2.24, 2.45) is 5.92 Å². The van der Waals surface area contributed by atoms with E-state index in [9.17, 15) is 9.90 Å². The number of benzene rings is 2. The minimum Gasteiger partial charge on any atom is -0.507 e. The minimum atomic E-state index is -0.292. The third-order valence-corrected chi connectivity index (χ3v) is 6.58. The summed E-state index contributed by atoms with van der Waals surface area (Å²) in [4.78, 5) is 24.4.